The standard InChI is InChI=1S/C24H24N2O6S/c1-16-6-7-17(14-22(16)33(28,29)26-19-8-10-20(30-2)11-9-19)24(27)25-15-18-4-3-5-21-23(18)32-13-12-31-21/h3-11,14,26H,12-13,15H2,1-2H3,(H,25,27). The van der Waals surface area contributed by atoms with Gasteiger partial charge in [-0.15, -0.1) is 0 Å². The van der Waals surface area contributed by atoms with Crippen LogP contribution in [0.25, 0.3) is 0 Å². The van der Waals surface area contributed by atoms with Crippen molar-refractivity contribution in [2.75, 3.05) is 25.0 Å². The Hall–Kier alpha value is -3.72. The summed E-state index contributed by atoms with van der Waals surface area (Å²) >= 11 is 0. The van der Waals surface area contributed by atoms with E-state index in [4.69, 9.17) is 14.2 Å². The van der Waals surface area contributed by atoms with Gasteiger partial charge in [0.25, 0.3) is 15.9 Å². The van der Waals surface area contributed by atoms with Crippen LogP contribution in [0.5, 0.6) is 17.2 Å². The highest BCUT2D eigenvalue weighted by Crippen LogP contribution is 2.33. The van der Waals surface area contributed by atoms with Gasteiger partial charge in [0.15, 0.2) is 11.5 Å². The maximum atomic E-state index is 13.0. The summed E-state index contributed by atoms with van der Waals surface area (Å²) in [4.78, 5) is 12.8. The Morgan fingerprint density at radius 1 is 1.03 bits per heavy atom. The van der Waals surface area contributed by atoms with Gasteiger partial charge in [-0.2, -0.15) is 0 Å². The second-order valence-corrected chi connectivity index (χ2v) is 9.09. The number of benzene rings is 3. The maximum absolute atomic E-state index is 13.0. The minimum Gasteiger partial charge on any atom is -0.497 e. The fourth-order valence-electron chi connectivity index (χ4n) is 3.45. The van der Waals surface area contributed by atoms with E-state index in [1.807, 2.05) is 18.2 Å². The number of nitrogens with one attached hydrogen (secondary N) is 2. The quantitative estimate of drug-likeness (QED) is 0.550. The molecule has 1 heterocycles. The van der Waals surface area contributed by atoms with Crippen molar-refractivity contribution in [3.63, 3.8) is 0 Å². The summed E-state index contributed by atoms with van der Waals surface area (Å²) in [6.07, 6.45) is 0. The number of anilines is 1. The summed E-state index contributed by atoms with van der Waals surface area (Å²) in [5.74, 6) is 1.47. The van der Waals surface area contributed by atoms with Gasteiger partial charge in [0, 0.05) is 23.4 Å². The molecular formula is C24H24N2O6S. The third-order valence-corrected chi connectivity index (χ3v) is 6.69. The molecule has 2 N–H and O–H groups in total. The molecule has 3 aromatic carbocycles. The molecule has 4 rings (SSSR count). The largest absolute Gasteiger partial charge is 0.497 e. The summed E-state index contributed by atoms with van der Waals surface area (Å²) in [5, 5.41) is 2.82. The Kier molecular flexibility index (Phi) is 6.41. The van der Waals surface area contributed by atoms with Gasteiger partial charge in [-0.1, -0.05) is 18.2 Å². The lowest BCUT2D eigenvalue weighted by Gasteiger charge is -2.21. The van der Waals surface area contributed by atoms with Crippen molar-refractivity contribution < 1.29 is 27.4 Å². The third-order valence-electron chi connectivity index (χ3n) is 5.17. The zero-order valence-corrected chi connectivity index (χ0v) is 19.1. The SMILES string of the molecule is COc1ccc(NS(=O)(=O)c2cc(C(=O)NCc3cccc4c3OCCO4)ccc2C)cc1. The Morgan fingerprint density at radius 2 is 1.79 bits per heavy atom. The topological polar surface area (TPSA) is 103 Å². The molecule has 0 atom stereocenters. The molecule has 0 spiro atoms. The van der Waals surface area contributed by atoms with Crippen LogP contribution in [-0.4, -0.2) is 34.6 Å². The summed E-state index contributed by atoms with van der Waals surface area (Å²) < 4.78 is 44.8. The van der Waals surface area contributed by atoms with Crippen molar-refractivity contribution in [2.45, 2.75) is 18.4 Å². The smallest absolute Gasteiger partial charge is 0.262 e. The first kappa shape index (κ1) is 22.5. The lowest BCUT2D eigenvalue weighted by Crippen LogP contribution is -2.25. The minimum atomic E-state index is -3.91. The van der Waals surface area contributed by atoms with Crippen molar-refractivity contribution in [3.05, 3.63) is 77.4 Å². The zero-order chi connectivity index (χ0) is 23.4. The van der Waals surface area contributed by atoms with E-state index in [9.17, 15) is 13.2 Å². The van der Waals surface area contributed by atoms with E-state index in [1.54, 1.807) is 43.3 Å². The van der Waals surface area contributed by atoms with Crippen LogP contribution in [0.15, 0.2) is 65.6 Å². The number of carbonyl (C=O) groups is 1. The van der Waals surface area contributed by atoms with Crippen molar-refractivity contribution in [1.82, 2.24) is 5.32 Å². The van der Waals surface area contributed by atoms with Crippen molar-refractivity contribution >= 4 is 21.6 Å². The number of amides is 1. The Bertz CT molecular complexity index is 1270. The molecule has 0 aromatic heterocycles. The molecule has 3 aromatic rings. The van der Waals surface area contributed by atoms with Gasteiger partial charge in [-0.3, -0.25) is 9.52 Å². The summed E-state index contributed by atoms with van der Waals surface area (Å²) in [7, 11) is -2.37. The molecule has 0 bridgehead atoms. The highest BCUT2D eigenvalue weighted by Gasteiger charge is 2.20. The van der Waals surface area contributed by atoms with Crippen molar-refractivity contribution in [1.29, 1.82) is 0 Å². The minimum absolute atomic E-state index is 0.0276. The fraction of sp³-hybridized carbons (Fsp3) is 0.208. The second kappa shape index (κ2) is 9.41. The molecule has 0 saturated heterocycles. The molecule has 172 valence electrons. The number of fused-ring (bicyclic) bond motifs is 1. The first-order valence-corrected chi connectivity index (χ1v) is 11.8. The molecule has 1 aliphatic rings. The Balaban J connectivity index is 1.51. The summed E-state index contributed by atoms with van der Waals surface area (Å²) in [6.45, 7) is 2.82. The number of sulfonamides is 1. The predicted octanol–water partition coefficient (Wildman–Crippen LogP) is 3.51. The molecule has 0 saturated carbocycles. The highest BCUT2D eigenvalue weighted by atomic mass is 32.2. The molecule has 1 amide bonds. The van der Waals surface area contributed by atoms with E-state index in [0.29, 0.717) is 41.7 Å². The highest BCUT2D eigenvalue weighted by molar-refractivity contribution is 7.92. The van der Waals surface area contributed by atoms with E-state index < -0.39 is 15.9 Å². The number of aryl methyl sites for hydroxylation is 1. The number of para-hydroxylation sites is 1. The van der Waals surface area contributed by atoms with Crippen LogP contribution in [0.1, 0.15) is 21.5 Å². The number of hydrogen-bond donors (Lipinski definition) is 2. The summed E-state index contributed by atoms with van der Waals surface area (Å²) in [5.41, 5.74) is 1.93. The molecular weight excluding hydrogens is 444 g/mol. The van der Waals surface area contributed by atoms with E-state index in [0.717, 1.165) is 5.56 Å². The van der Waals surface area contributed by atoms with E-state index in [-0.39, 0.29) is 17.0 Å². The Labute approximate surface area is 192 Å². The van der Waals surface area contributed by atoms with E-state index in [2.05, 4.69) is 10.0 Å². The molecule has 1 aliphatic heterocycles. The first-order chi connectivity index (χ1) is 15.9. The molecule has 0 radical (unpaired) electrons. The summed E-state index contributed by atoms with van der Waals surface area (Å²) in [6, 6.07) is 16.6. The normalized spacial score (nSPS) is 12.7. The predicted molar refractivity (Wildman–Crippen MR) is 124 cm³/mol. The van der Waals surface area contributed by atoms with Gasteiger partial charge in [-0.05, 0) is 55.0 Å². The molecule has 0 unspecified atom stereocenters. The zero-order valence-electron chi connectivity index (χ0n) is 18.3. The molecule has 9 heteroatoms. The molecule has 33 heavy (non-hydrogen) atoms. The van der Waals surface area contributed by atoms with Crippen molar-refractivity contribution in [2.24, 2.45) is 0 Å². The van der Waals surface area contributed by atoms with E-state index in [1.165, 1.54) is 13.2 Å². The van der Waals surface area contributed by atoms with Gasteiger partial charge in [0.2, 0.25) is 0 Å². The number of methoxy groups -OCH3 is 1. The van der Waals surface area contributed by atoms with Crippen LogP contribution in [0, 0.1) is 6.92 Å². The Morgan fingerprint density at radius 3 is 2.55 bits per heavy atom. The monoisotopic (exact) mass is 468 g/mol. The average Bonchev–Trinajstić information content (AvgIpc) is 2.83. The molecule has 8 nitrogen and oxygen atoms in total. The van der Waals surface area contributed by atoms with Crippen LogP contribution in [0.3, 0.4) is 0 Å². The number of rotatable bonds is 7. The number of carbonyl (C=O) groups excluding carboxylic acids is 1. The van der Waals surface area contributed by atoms with Gasteiger partial charge >= 0.3 is 0 Å². The van der Waals surface area contributed by atoms with Gasteiger partial charge < -0.3 is 19.5 Å². The van der Waals surface area contributed by atoms with Gasteiger partial charge in [0.1, 0.15) is 19.0 Å². The third kappa shape index (κ3) is 5.04. The first-order valence-electron chi connectivity index (χ1n) is 10.3. The second-order valence-electron chi connectivity index (χ2n) is 7.44. The number of ether oxygens (including phenoxy) is 3. The van der Waals surface area contributed by atoms with Crippen LogP contribution in [-0.2, 0) is 16.6 Å². The maximum Gasteiger partial charge on any atom is 0.262 e. The molecule has 0 aliphatic carbocycles. The van der Waals surface area contributed by atoms with Crippen LogP contribution < -0.4 is 24.2 Å². The number of hydrogen-bond acceptors (Lipinski definition) is 6. The average molecular weight is 469 g/mol. The van der Waals surface area contributed by atoms with Crippen LogP contribution >= 0.6 is 0 Å². The van der Waals surface area contributed by atoms with Crippen LogP contribution in [0.4, 0.5) is 5.69 Å². The lowest BCUT2D eigenvalue weighted by molar-refractivity contribution is 0.0949. The lowest BCUT2D eigenvalue weighted by atomic mass is 10.1. The van der Waals surface area contributed by atoms with E-state index >= 15 is 0 Å². The van der Waals surface area contributed by atoms with Crippen LogP contribution in [0.2, 0.25) is 0 Å². The molecule has 0 fully saturated rings. The van der Waals surface area contributed by atoms with Crippen molar-refractivity contribution in [3.8, 4) is 17.2 Å². The fourth-order valence-corrected chi connectivity index (χ4v) is 4.78. The van der Waals surface area contributed by atoms with Gasteiger partial charge in [-0.25, -0.2) is 8.42 Å². The van der Waals surface area contributed by atoms with Gasteiger partial charge in [0.05, 0.1) is 12.0 Å².